The average Bonchev–Trinajstić information content (AvgIpc) is 2.80. The Bertz CT molecular complexity index is 902. The lowest BCUT2D eigenvalue weighted by Gasteiger charge is -2.32. The second-order valence-electron chi connectivity index (χ2n) is 7.81. The molecule has 31 heavy (non-hydrogen) atoms. The topological polar surface area (TPSA) is 69.7 Å². The van der Waals surface area contributed by atoms with E-state index in [9.17, 15) is 18.8 Å². The van der Waals surface area contributed by atoms with Crippen molar-refractivity contribution in [1.29, 1.82) is 0 Å². The highest BCUT2D eigenvalue weighted by atomic mass is 19.1. The Morgan fingerprint density at radius 1 is 1.10 bits per heavy atom. The third kappa shape index (κ3) is 6.38. The molecule has 2 aromatic rings. The van der Waals surface area contributed by atoms with E-state index in [1.807, 2.05) is 30.3 Å². The minimum atomic E-state index is -0.334. The second kappa shape index (κ2) is 10.7. The van der Waals surface area contributed by atoms with E-state index < -0.39 is 0 Å². The molecule has 1 aliphatic rings. The first-order chi connectivity index (χ1) is 14.9. The highest BCUT2D eigenvalue weighted by Crippen LogP contribution is 2.18. The zero-order chi connectivity index (χ0) is 22.2. The summed E-state index contributed by atoms with van der Waals surface area (Å²) in [5.74, 6) is -0.892. The molecular weight excluding hydrogens is 397 g/mol. The number of nitrogens with zero attached hydrogens (tertiary/aromatic N) is 2. The number of likely N-dealkylation sites (tertiary alicyclic amines) is 1. The number of hydrogen-bond acceptors (Lipinski definition) is 3. The molecule has 7 heteroatoms. The van der Waals surface area contributed by atoms with E-state index in [1.165, 1.54) is 12.1 Å². The summed E-state index contributed by atoms with van der Waals surface area (Å²) in [4.78, 5) is 40.8. The molecule has 0 radical (unpaired) electrons. The number of rotatable bonds is 7. The molecule has 0 saturated carbocycles. The number of anilines is 1. The van der Waals surface area contributed by atoms with Crippen molar-refractivity contribution in [1.82, 2.24) is 10.2 Å². The minimum Gasteiger partial charge on any atom is -0.355 e. The molecule has 6 nitrogen and oxygen atoms in total. The fourth-order valence-electron chi connectivity index (χ4n) is 3.71. The van der Waals surface area contributed by atoms with Gasteiger partial charge in [-0.2, -0.15) is 0 Å². The van der Waals surface area contributed by atoms with Crippen LogP contribution in [0.2, 0.25) is 0 Å². The van der Waals surface area contributed by atoms with Crippen LogP contribution in [0.25, 0.3) is 0 Å². The van der Waals surface area contributed by atoms with Crippen molar-refractivity contribution in [3.8, 4) is 0 Å². The van der Waals surface area contributed by atoms with Gasteiger partial charge in [-0.3, -0.25) is 14.4 Å². The fourth-order valence-corrected chi connectivity index (χ4v) is 3.71. The number of hydrogen-bond donors (Lipinski definition) is 1. The molecular formula is C24H28FN3O3. The summed E-state index contributed by atoms with van der Waals surface area (Å²) in [5.41, 5.74) is 1.56. The summed E-state index contributed by atoms with van der Waals surface area (Å²) in [6.45, 7) is 1.24. The number of halogens is 1. The van der Waals surface area contributed by atoms with Crippen LogP contribution in [0.15, 0.2) is 54.6 Å². The van der Waals surface area contributed by atoms with Gasteiger partial charge in [0.2, 0.25) is 17.7 Å². The van der Waals surface area contributed by atoms with E-state index in [1.54, 1.807) is 29.0 Å². The van der Waals surface area contributed by atoms with E-state index in [4.69, 9.17) is 0 Å². The summed E-state index contributed by atoms with van der Waals surface area (Å²) in [7, 11) is 1.71. The van der Waals surface area contributed by atoms with Crippen molar-refractivity contribution in [2.75, 3.05) is 31.6 Å². The van der Waals surface area contributed by atoms with Crippen molar-refractivity contribution >= 4 is 23.4 Å². The Morgan fingerprint density at radius 2 is 1.81 bits per heavy atom. The van der Waals surface area contributed by atoms with Crippen LogP contribution in [0, 0.1) is 11.7 Å². The van der Waals surface area contributed by atoms with Gasteiger partial charge in [0.25, 0.3) is 0 Å². The molecule has 1 aliphatic heterocycles. The third-order valence-electron chi connectivity index (χ3n) is 5.57. The number of benzene rings is 2. The van der Waals surface area contributed by atoms with Crippen molar-refractivity contribution < 1.29 is 18.8 Å². The number of carbonyl (C=O) groups excluding carboxylic acids is 3. The molecule has 1 N–H and O–H groups in total. The molecule has 164 valence electrons. The summed E-state index contributed by atoms with van der Waals surface area (Å²) < 4.78 is 13.0. The normalized spacial score (nSPS) is 15.9. The summed E-state index contributed by atoms with van der Waals surface area (Å²) in [6.07, 6.45) is 1.86. The van der Waals surface area contributed by atoms with Gasteiger partial charge < -0.3 is 15.1 Å². The number of piperidine rings is 1. The molecule has 1 heterocycles. The number of para-hydroxylation sites is 1. The van der Waals surface area contributed by atoms with Crippen LogP contribution in [0.4, 0.5) is 10.1 Å². The lowest BCUT2D eigenvalue weighted by molar-refractivity contribution is -0.135. The predicted molar refractivity (Wildman–Crippen MR) is 117 cm³/mol. The van der Waals surface area contributed by atoms with Crippen LogP contribution in [0.3, 0.4) is 0 Å². The lowest BCUT2D eigenvalue weighted by Crippen LogP contribution is -2.46. The lowest BCUT2D eigenvalue weighted by atomic mass is 9.96. The van der Waals surface area contributed by atoms with Gasteiger partial charge in [-0.15, -0.1) is 0 Å². The van der Waals surface area contributed by atoms with Crippen LogP contribution < -0.4 is 10.2 Å². The van der Waals surface area contributed by atoms with Crippen molar-refractivity contribution in [2.45, 2.75) is 25.7 Å². The van der Waals surface area contributed by atoms with Crippen LogP contribution >= 0.6 is 0 Å². The van der Waals surface area contributed by atoms with Crippen molar-refractivity contribution in [3.05, 3.63) is 66.0 Å². The molecule has 0 aliphatic carbocycles. The summed E-state index contributed by atoms with van der Waals surface area (Å²) >= 11 is 0. The van der Waals surface area contributed by atoms with Gasteiger partial charge in [-0.1, -0.05) is 30.3 Å². The summed E-state index contributed by atoms with van der Waals surface area (Å²) in [5, 5.41) is 2.84. The maximum atomic E-state index is 13.0. The van der Waals surface area contributed by atoms with Crippen LogP contribution in [0.5, 0.6) is 0 Å². The standard InChI is InChI=1S/C24H28FN3O3/c1-27(21-7-3-2-4-8-21)22(29)13-14-26-24(31)19-6-5-15-28(17-19)23(30)16-18-9-11-20(25)12-10-18/h2-4,7-12,19H,5-6,13-17H2,1H3,(H,26,31). The molecule has 1 saturated heterocycles. The largest absolute Gasteiger partial charge is 0.355 e. The first kappa shape index (κ1) is 22.5. The predicted octanol–water partition coefficient (Wildman–Crippen LogP) is 2.78. The third-order valence-corrected chi connectivity index (χ3v) is 5.57. The van der Waals surface area contributed by atoms with Gasteiger partial charge >= 0.3 is 0 Å². The Balaban J connectivity index is 1.44. The highest BCUT2D eigenvalue weighted by Gasteiger charge is 2.28. The molecule has 0 bridgehead atoms. The van der Waals surface area contributed by atoms with Gasteiger partial charge in [0, 0.05) is 38.8 Å². The van der Waals surface area contributed by atoms with Crippen molar-refractivity contribution in [3.63, 3.8) is 0 Å². The quantitative estimate of drug-likeness (QED) is 0.742. The number of amides is 3. The van der Waals surface area contributed by atoms with E-state index >= 15 is 0 Å². The van der Waals surface area contributed by atoms with E-state index in [0.29, 0.717) is 19.5 Å². The number of nitrogens with one attached hydrogen (secondary N) is 1. The van der Waals surface area contributed by atoms with E-state index in [0.717, 1.165) is 17.7 Å². The molecule has 3 rings (SSSR count). The van der Waals surface area contributed by atoms with Crippen LogP contribution in [0.1, 0.15) is 24.8 Å². The van der Waals surface area contributed by atoms with Crippen molar-refractivity contribution in [2.24, 2.45) is 5.92 Å². The molecule has 1 fully saturated rings. The maximum Gasteiger partial charge on any atom is 0.228 e. The molecule has 1 atom stereocenters. The molecule has 3 amide bonds. The van der Waals surface area contributed by atoms with E-state index in [2.05, 4.69) is 5.32 Å². The summed E-state index contributed by atoms with van der Waals surface area (Å²) in [6, 6.07) is 15.2. The maximum absolute atomic E-state index is 13.0. The Hall–Kier alpha value is -3.22. The average molecular weight is 426 g/mol. The molecule has 0 aromatic heterocycles. The fraction of sp³-hybridized carbons (Fsp3) is 0.375. The molecule has 2 aromatic carbocycles. The Morgan fingerprint density at radius 3 is 2.52 bits per heavy atom. The van der Waals surface area contributed by atoms with Gasteiger partial charge in [-0.25, -0.2) is 4.39 Å². The van der Waals surface area contributed by atoms with E-state index in [-0.39, 0.29) is 48.8 Å². The SMILES string of the molecule is CN(C(=O)CCNC(=O)C1CCCN(C(=O)Cc2ccc(F)cc2)C1)c1ccccc1. The monoisotopic (exact) mass is 425 g/mol. The van der Waals surface area contributed by atoms with Gasteiger partial charge in [0.05, 0.1) is 12.3 Å². The highest BCUT2D eigenvalue weighted by molar-refractivity contribution is 5.93. The zero-order valence-corrected chi connectivity index (χ0v) is 17.7. The van der Waals surface area contributed by atoms with Gasteiger partial charge in [0.15, 0.2) is 0 Å². The molecule has 0 spiro atoms. The minimum absolute atomic E-state index is 0.0660. The Labute approximate surface area is 182 Å². The molecule has 1 unspecified atom stereocenters. The van der Waals surface area contributed by atoms with Gasteiger partial charge in [0.1, 0.15) is 5.82 Å². The smallest absolute Gasteiger partial charge is 0.228 e. The first-order valence-electron chi connectivity index (χ1n) is 10.6. The zero-order valence-electron chi connectivity index (χ0n) is 17.7. The van der Waals surface area contributed by atoms with Crippen LogP contribution in [-0.4, -0.2) is 49.3 Å². The first-order valence-corrected chi connectivity index (χ1v) is 10.6. The second-order valence-corrected chi connectivity index (χ2v) is 7.81. The Kier molecular flexibility index (Phi) is 7.76. The number of carbonyl (C=O) groups is 3. The van der Waals surface area contributed by atoms with Crippen LogP contribution in [-0.2, 0) is 20.8 Å². The van der Waals surface area contributed by atoms with Gasteiger partial charge in [-0.05, 0) is 42.7 Å².